The number of nitrogens with one attached hydrogen (secondary N) is 1. The maximum absolute atomic E-state index is 13.0. The lowest BCUT2D eigenvalue weighted by Gasteiger charge is -2.22. The summed E-state index contributed by atoms with van der Waals surface area (Å²) in [6.45, 7) is 5.61. The molecule has 0 saturated carbocycles. The van der Waals surface area contributed by atoms with Gasteiger partial charge in [0.2, 0.25) is 0 Å². The van der Waals surface area contributed by atoms with E-state index in [1.807, 2.05) is 32.0 Å². The first-order valence-corrected chi connectivity index (χ1v) is 12.2. The molecule has 2 amide bonds. The van der Waals surface area contributed by atoms with Crippen LogP contribution >= 0.6 is 0 Å². The van der Waals surface area contributed by atoms with Crippen LogP contribution in [0.3, 0.4) is 0 Å². The summed E-state index contributed by atoms with van der Waals surface area (Å²) in [5.74, 6) is -2.09. The molecule has 4 N–H and O–H groups in total. The Balaban J connectivity index is 1.76. The highest BCUT2D eigenvalue weighted by molar-refractivity contribution is 6.06. The molecule has 198 valence electrons. The Morgan fingerprint density at radius 2 is 1.64 bits per heavy atom. The fraction of sp³-hybridized carbons (Fsp3) is 0.143. The van der Waals surface area contributed by atoms with Crippen molar-refractivity contribution in [2.24, 2.45) is 16.0 Å². The highest BCUT2D eigenvalue weighted by Crippen LogP contribution is 2.33. The van der Waals surface area contributed by atoms with Gasteiger partial charge in [-0.3, -0.25) is 9.59 Å². The van der Waals surface area contributed by atoms with E-state index in [2.05, 4.69) is 25.5 Å². The molecule has 11 nitrogen and oxygen atoms in total. The first-order valence-electron chi connectivity index (χ1n) is 12.2. The SMILES string of the molecule is CCN(CC)c1ccc(N=Nc2c(C(N)=O)cnn2-c2ccc(C(=O)O)cc2)c(NC(=O)c2ccccc2)c1. The summed E-state index contributed by atoms with van der Waals surface area (Å²) in [6.07, 6.45) is 1.27. The second kappa shape index (κ2) is 11.8. The van der Waals surface area contributed by atoms with E-state index in [1.54, 1.807) is 30.3 Å². The van der Waals surface area contributed by atoms with E-state index < -0.39 is 11.9 Å². The normalized spacial score (nSPS) is 10.9. The molecule has 1 heterocycles. The minimum Gasteiger partial charge on any atom is -0.478 e. The number of primary amides is 1. The Labute approximate surface area is 224 Å². The van der Waals surface area contributed by atoms with Crippen molar-refractivity contribution >= 4 is 40.7 Å². The number of carboxylic acid groups (broad SMARTS) is 1. The molecule has 0 unspecified atom stereocenters. The van der Waals surface area contributed by atoms with Gasteiger partial charge in [-0.15, -0.1) is 10.2 Å². The molecule has 0 aliphatic rings. The molecule has 0 radical (unpaired) electrons. The fourth-order valence-corrected chi connectivity index (χ4v) is 3.93. The van der Waals surface area contributed by atoms with Crippen LogP contribution in [0.2, 0.25) is 0 Å². The summed E-state index contributed by atoms with van der Waals surface area (Å²) >= 11 is 0. The number of amides is 2. The molecule has 4 aromatic rings. The smallest absolute Gasteiger partial charge is 0.335 e. The van der Waals surface area contributed by atoms with Gasteiger partial charge in [0.15, 0.2) is 5.82 Å². The third kappa shape index (κ3) is 5.99. The third-order valence-electron chi connectivity index (χ3n) is 6.01. The van der Waals surface area contributed by atoms with E-state index in [9.17, 15) is 19.5 Å². The van der Waals surface area contributed by atoms with Gasteiger partial charge in [-0.1, -0.05) is 18.2 Å². The van der Waals surface area contributed by atoms with E-state index in [4.69, 9.17) is 5.73 Å². The van der Waals surface area contributed by atoms with Crippen LogP contribution in [0.15, 0.2) is 89.2 Å². The number of hydrogen-bond donors (Lipinski definition) is 3. The molecule has 3 aromatic carbocycles. The van der Waals surface area contributed by atoms with Crippen molar-refractivity contribution in [1.82, 2.24) is 9.78 Å². The van der Waals surface area contributed by atoms with Gasteiger partial charge in [0, 0.05) is 24.3 Å². The van der Waals surface area contributed by atoms with Crippen LogP contribution in [0, 0.1) is 0 Å². The van der Waals surface area contributed by atoms with Crippen LogP contribution in [0.4, 0.5) is 22.9 Å². The minimum absolute atomic E-state index is 0.0238. The van der Waals surface area contributed by atoms with Crippen LogP contribution in [0.5, 0.6) is 0 Å². The van der Waals surface area contributed by atoms with Crippen LogP contribution in [-0.4, -0.2) is 45.8 Å². The van der Waals surface area contributed by atoms with Crippen molar-refractivity contribution in [3.8, 4) is 5.69 Å². The molecule has 0 spiro atoms. The average Bonchev–Trinajstić information content (AvgIpc) is 3.38. The lowest BCUT2D eigenvalue weighted by Crippen LogP contribution is -2.22. The second-order valence-electron chi connectivity index (χ2n) is 8.40. The largest absolute Gasteiger partial charge is 0.478 e. The maximum Gasteiger partial charge on any atom is 0.335 e. The number of nitrogens with zero attached hydrogens (tertiary/aromatic N) is 5. The molecular weight excluding hydrogens is 498 g/mol. The Morgan fingerprint density at radius 1 is 0.949 bits per heavy atom. The number of rotatable bonds is 10. The molecular formula is C28H27N7O4. The molecule has 0 aliphatic carbocycles. The first kappa shape index (κ1) is 26.7. The van der Waals surface area contributed by atoms with Gasteiger partial charge in [-0.25, -0.2) is 9.48 Å². The van der Waals surface area contributed by atoms with Crippen molar-refractivity contribution in [1.29, 1.82) is 0 Å². The summed E-state index contributed by atoms with van der Waals surface area (Å²) in [5, 5.41) is 24.9. The number of carboxylic acids is 1. The first-order chi connectivity index (χ1) is 18.8. The minimum atomic E-state index is -1.07. The number of aromatic nitrogens is 2. The number of carbonyl (C=O) groups excluding carboxylic acids is 2. The fourth-order valence-electron chi connectivity index (χ4n) is 3.93. The Bertz CT molecular complexity index is 1530. The van der Waals surface area contributed by atoms with E-state index in [0.717, 1.165) is 18.8 Å². The van der Waals surface area contributed by atoms with Crippen molar-refractivity contribution in [2.75, 3.05) is 23.3 Å². The highest BCUT2D eigenvalue weighted by atomic mass is 16.4. The van der Waals surface area contributed by atoms with Crippen LogP contribution < -0.4 is 16.0 Å². The number of anilines is 2. The van der Waals surface area contributed by atoms with Crippen LogP contribution in [-0.2, 0) is 0 Å². The zero-order valence-electron chi connectivity index (χ0n) is 21.4. The molecule has 0 aliphatic heterocycles. The second-order valence-corrected chi connectivity index (χ2v) is 8.40. The monoisotopic (exact) mass is 525 g/mol. The predicted octanol–water partition coefficient (Wildman–Crippen LogP) is 5.18. The summed E-state index contributed by atoms with van der Waals surface area (Å²) in [6, 6.07) is 20.1. The van der Waals surface area contributed by atoms with Crippen LogP contribution in [0.1, 0.15) is 44.9 Å². The molecule has 1 aromatic heterocycles. The number of benzene rings is 3. The molecule has 0 bridgehead atoms. The Hall–Kier alpha value is -5.32. The summed E-state index contributed by atoms with van der Waals surface area (Å²) in [4.78, 5) is 38.4. The Kier molecular flexibility index (Phi) is 8.10. The van der Waals surface area contributed by atoms with Crippen LogP contribution in [0.25, 0.3) is 5.69 Å². The van der Waals surface area contributed by atoms with E-state index >= 15 is 0 Å². The number of carbonyl (C=O) groups is 3. The average molecular weight is 526 g/mol. The van der Waals surface area contributed by atoms with Gasteiger partial charge in [0.05, 0.1) is 23.1 Å². The lowest BCUT2D eigenvalue weighted by molar-refractivity contribution is 0.0696. The molecule has 0 saturated heterocycles. The van der Waals surface area contributed by atoms with E-state index in [1.165, 1.54) is 35.1 Å². The third-order valence-corrected chi connectivity index (χ3v) is 6.01. The summed E-state index contributed by atoms with van der Waals surface area (Å²) in [5.41, 5.74) is 8.26. The predicted molar refractivity (Wildman–Crippen MR) is 148 cm³/mol. The molecule has 4 rings (SSSR count). The quantitative estimate of drug-likeness (QED) is 0.242. The topological polar surface area (TPSA) is 155 Å². The van der Waals surface area contributed by atoms with Crippen molar-refractivity contribution < 1.29 is 19.5 Å². The van der Waals surface area contributed by atoms with Crippen molar-refractivity contribution in [3.63, 3.8) is 0 Å². The number of nitrogens with two attached hydrogens (primary N) is 1. The number of hydrogen-bond acceptors (Lipinski definition) is 7. The van der Waals surface area contributed by atoms with Gasteiger partial charge in [-0.2, -0.15) is 5.10 Å². The van der Waals surface area contributed by atoms with Crippen molar-refractivity contribution in [3.05, 3.63) is 95.7 Å². The van der Waals surface area contributed by atoms with E-state index in [0.29, 0.717) is 22.6 Å². The number of azo groups is 1. The zero-order valence-corrected chi connectivity index (χ0v) is 21.4. The lowest BCUT2D eigenvalue weighted by atomic mass is 10.2. The molecule has 0 atom stereocenters. The molecule has 0 fully saturated rings. The van der Waals surface area contributed by atoms with Crippen molar-refractivity contribution in [2.45, 2.75) is 13.8 Å². The van der Waals surface area contributed by atoms with Gasteiger partial charge in [0.1, 0.15) is 11.3 Å². The zero-order chi connectivity index (χ0) is 27.9. The van der Waals surface area contributed by atoms with Gasteiger partial charge >= 0.3 is 5.97 Å². The van der Waals surface area contributed by atoms with Gasteiger partial charge in [0.25, 0.3) is 11.8 Å². The van der Waals surface area contributed by atoms with E-state index in [-0.39, 0.29) is 22.9 Å². The van der Waals surface area contributed by atoms with Gasteiger partial charge < -0.3 is 21.1 Å². The Morgan fingerprint density at radius 3 is 2.26 bits per heavy atom. The maximum atomic E-state index is 13.0. The molecule has 39 heavy (non-hydrogen) atoms. The molecule has 11 heteroatoms. The number of aromatic carboxylic acids is 1. The summed E-state index contributed by atoms with van der Waals surface area (Å²) in [7, 11) is 0. The summed E-state index contributed by atoms with van der Waals surface area (Å²) < 4.78 is 1.34. The standard InChI is InChI=1S/C28H27N7O4/c1-3-34(4-2)21-14-15-23(24(16-21)31-27(37)18-8-6-5-7-9-18)32-33-26-22(25(29)36)17-30-35(26)20-12-10-19(11-13-20)28(38)39/h5-17H,3-4H2,1-2H3,(H2,29,36)(H,31,37)(H,38,39). The highest BCUT2D eigenvalue weighted by Gasteiger charge is 2.18. The van der Waals surface area contributed by atoms with Gasteiger partial charge in [-0.05, 0) is 68.4 Å².